The van der Waals surface area contributed by atoms with Gasteiger partial charge in [-0.1, -0.05) is 19.3 Å². The predicted octanol–water partition coefficient (Wildman–Crippen LogP) is 2.01. The van der Waals surface area contributed by atoms with Gasteiger partial charge in [0, 0.05) is 26.2 Å². The molecule has 0 amide bonds. The lowest BCUT2D eigenvalue weighted by molar-refractivity contribution is 0.170. The minimum atomic E-state index is 0. The van der Waals surface area contributed by atoms with Gasteiger partial charge in [0.2, 0.25) is 0 Å². The van der Waals surface area contributed by atoms with E-state index in [2.05, 4.69) is 41.3 Å². The van der Waals surface area contributed by atoms with Gasteiger partial charge in [-0.05, 0) is 32.9 Å². The Morgan fingerprint density at radius 2 is 2.00 bits per heavy atom. The Morgan fingerprint density at radius 3 is 2.53 bits per heavy atom. The third-order valence-electron chi connectivity index (χ3n) is 4.39. The molecule has 0 saturated heterocycles. The van der Waals surface area contributed by atoms with Gasteiger partial charge in [-0.2, -0.15) is 0 Å². The molecule has 2 aliphatic rings. The minimum Gasteiger partial charge on any atom is -0.355 e. The molecule has 1 N–H and O–H groups in total. The Bertz CT molecular complexity index is 287. The second kappa shape index (κ2) is 8.29. The first-order valence-electron chi connectivity index (χ1n) is 7.34. The third-order valence-corrected chi connectivity index (χ3v) is 4.39. The molecule has 1 unspecified atom stereocenters. The maximum atomic E-state index is 4.51. The Hall–Kier alpha value is -0.0400. The molecular weight excluding hydrogens is 351 g/mol. The van der Waals surface area contributed by atoms with Gasteiger partial charge in [-0.25, -0.2) is 0 Å². The lowest BCUT2D eigenvalue weighted by Crippen LogP contribution is -2.47. The fraction of sp³-hybridized carbons (Fsp3) is 0.929. The van der Waals surface area contributed by atoms with Gasteiger partial charge in [-0.3, -0.25) is 4.99 Å². The zero-order valence-corrected chi connectivity index (χ0v) is 14.9. The molecule has 1 saturated carbocycles. The Morgan fingerprint density at radius 1 is 1.32 bits per heavy atom. The molecule has 1 aliphatic heterocycles. The summed E-state index contributed by atoms with van der Waals surface area (Å²) in [5.74, 6) is 1.94. The molecule has 1 aliphatic carbocycles. The van der Waals surface area contributed by atoms with Gasteiger partial charge in [0.05, 0.1) is 6.54 Å². The molecule has 0 aromatic carbocycles. The summed E-state index contributed by atoms with van der Waals surface area (Å²) < 4.78 is 0. The highest BCUT2D eigenvalue weighted by Gasteiger charge is 2.26. The van der Waals surface area contributed by atoms with Gasteiger partial charge in [0.15, 0.2) is 5.96 Å². The summed E-state index contributed by atoms with van der Waals surface area (Å²) >= 11 is 0. The fourth-order valence-electron chi connectivity index (χ4n) is 3.21. The van der Waals surface area contributed by atoms with Crippen molar-refractivity contribution in [3.63, 3.8) is 0 Å². The van der Waals surface area contributed by atoms with Crippen molar-refractivity contribution in [3.8, 4) is 0 Å². The number of rotatable bonds is 4. The van der Waals surface area contributed by atoms with Crippen LogP contribution in [0.2, 0.25) is 0 Å². The fourth-order valence-corrected chi connectivity index (χ4v) is 3.21. The molecule has 0 aromatic heterocycles. The highest BCUT2D eigenvalue weighted by atomic mass is 127. The predicted molar refractivity (Wildman–Crippen MR) is 92.4 cm³/mol. The number of aliphatic imine (C=N–C) groups is 1. The van der Waals surface area contributed by atoms with Crippen LogP contribution in [0.25, 0.3) is 0 Å². The highest BCUT2D eigenvalue weighted by Crippen LogP contribution is 2.28. The Labute approximate surface area is 135 Å². The van der Waals surface area contributed by atoms with E-state index in [4.69, 9.17) is 0 Å². The third kappa shape index (κ3) is 4.77. The van der Waals surface area contributed by atoms with Crippen LogP contribution in [0.3, 0.4) is 0 Å². The summed E-state index contributed by atoms with van der Waals surface area (Å²) in [5.41, 5.74) is 0. The van der Waals surface area contributed by atoms with E-state index in [0.717, 1.165) is 31.5 Å². The number of hydrogen-bond donors (Lipinski definition) is 1. The smallest absolute Gasteiger partial charge is 0.193 e. The van der Waals surface area contributed by atoms with E-state index in [9.17, 15) is 0 Å². The molecule has 0 bridgehead atoms. The summed E-state index contributed by atoms with van der Waals surface area (Å²) in [7, 11) is 6.53. The van der Waals surface area contributed by atoms with Crippen molar-refractivity contribution in [1.82, 2.24) is 15.1 Å². The van der Waals surface area contributed by atoms with Crippen molar-refractivity contribution < 1.29 is 0 Å². The maximum Gasteiger partial charge on any atom is 0.193 e. The quantitative estimate of drug-likeness (QED) is 0.757. The van der Waals surface area contributed by atoms with Crippen LogP contribution in [-0.4, -0.2) is 62.6 Å². The number of hydrogen-bond acceptors (Lipinski definition) is 4. The van der Waals surface area contributed by atoms with Crippen LogP contribution < -0.4 is 5.32 Å². The van der Waals surface area contributed by atoms with Crippen molar-refractivity contribution in [3.05, 3.63) is 0 Å². The van der Waals surface area contributed by atoms with Crippen molar-refractivity contribution in [2.24, 2.45) is 10.9 Å². The van der Waals surface area contributed by atoms with E-state index in [-0.39, 0.29) is 24.0 Å². The summed E-state index contributed by atoms with van der Waals surface area (Å²) in [6, 6.07) is 0.641. The summed E-state index contributed by atoms with van der Waals surface area (Å²) in [4.78, 5) is 9.11. The lowest BCUT2D eigenvalue weighted by atomic mass is 9.83. The normalized spacial score (nSPS) is 22.1. The molecule has 112 valence electrons. The number of nitrogens with zero attached hydrogens (tertiary/aromatic N) is 3. The molecule has 5 heteroatoms. The number of guanidine groups is 1. The van der Waals surface area contributed by atoms with E-state index < -0.39 is 0 Å². The first-order valence-corrected chi connectivity index (χ1v) is 7.34. The van der Waals surface area contributed by atoms with Crippen LogP contribution in [-0.2, 0) is 0 Å². The summed E-state index contributed by atoms with van der Waals surface area (Å²) in [6.07, 6.45) is 7.05. The van der Waals surface area contributed by atoms with Crippen LogP contribution in [0, 0.1) is 5.92 Å². The molecule has 1 fully saturated rings. The van der Waals surface area contributed by atoms with Crippen LogP contribution in [0.5, 0.6) is 0 Å². The topological polar surface area (TPSA) is 30.9 Å². The van der Waals surface area contributed by atoms with Crippen molar-refractivity contribution >= 4 is 29.9 Å². The second-order valence-corrected chi connectivity index (χ2v) is 5.94. The van der Waals surface area contributed by atoms with Crippen LogP contribution in [0.1, 0.15) is 32.1 Å². The van der Waals surface area contributed by atoms with E-state index >= 15 is 0 Å². The Kier molecular flexibility index (Phi) is 7.42. The van der Waals surface area contributed by atoms with Crippen LogP contribution in [0.4, 0.5) is 0 Å². The van der Waals surface area contributed by atoms with Crippen molar-refractivity contribution in [1.29, 1.82) is 0 Å². The second-order valence-electron chi connectivity index (χ2n) is 5.94. The van der Waals surface area contributed by atoms with Gasteiger partial charge in [0.25, 0.3) is 0 Å². The molecule has 0 aromatic rings. The molecule has 1 heterocycles. The minimum absolute atomic E-state index is 0. The largest absolute Gasteiger partial charge is 0.355 e. The SMILES string of the molecule is CN1CCN=C1NCC(C1CCCCC1)N(C)C.I. The van der Waals surface area contributed by atoms with Gasteiger partial charge in [0.1, 0.15) is 0 Å². The van der Waals surface area contributed by atoms with Crippen LogP contribution >= 0.6 is 24.0 Å². The summed E-state index contributed by atoms with van der Waals surface area (Å²) in [5, 5.41) is 3.54. The number of nitrogens with one attached hydrogen (secondary N) is 1. The first kappa shape index (κ1) is 17.0. The molecule has 2 rings (SSSR count). The monoisotopic (exact) mass is 380 g/mol. The zero-order chi connectivity index (χ0) is 13.0. The molecule has 19 heavy (non-hydrogen) atoms. The molecule has 0 radical (unpaired) electrons. The van der Waals surface area contributed by atoms with E-state index in [1.54, 1.807) is 0 Å². The van der Waals surface area contributed by atoms with E-state index in [1.165, 1.54) is 32.1 Å². The average molecular weight is 380 g/mol. The molecule has 1 atom stereocenters. The Balaban J connectivity index is 0.00000180. The molecule has 4 nitrogen and oxygen atoms in total. The lowest BCUT2D eigenvalue weighted by Gasteiger charge is -2.35. The number of halogens is 1. The van der Waals surface area contributed by atoms with Crippen molar-refractivity contribution in [2.75, 3.05) is 40.8 Å². The van der Waals surface area contributed by atoms with Gasteiger partial charge >= 0.3 is 0 Å². The van der Waals surface area contributed by atoms with Crippen LogP contribution in [0.15, 0.2) is 4.99 Å². The van der Waals surface area contributed by atoms with Crippen molar-refractivity contribution in [2.45, 2.75) is 38.1 Å². The molecule has 0 spiro atoms. The highest BCUT2D eigenvalue weighted by molar-refractivity contribution is 14.0. The molecular formula is C14H29IN4. The number of likely N-dealkylation sites (N-methyl/N-ethyl adjacent to an activating group) is 2. The first-order chi connectivity index (χ1) is 8.68. The summed E-state index contributed by atoms with van der Waals surface area (Å²) in [6.45, 7) is 3.02. The van der Waals surface area contributed by atoms with E-state index in [1.807, 2.05) is 0 Å². The standard InChI is InChI=1S/C14H28N4.HI/c1-17(2)13(12-7-5-4-6-8-12)11-16-14-15-9-10-18(14)3;/h12-13H,4-11H2,1-3H3,(H,15,16);1H. The van der Waals surface area contributed by atoms with Gasteiger partial charge in [-0.15, -0.1) is 24.0 Å². The maximum absolute atomic E-state index is 4.51. The van der Waals surface area contributed by atoms with Gasteiger partial charge < -0.3 is 15.1 Å². The zero-order valence-electron chi connectivity index (χ0n) is 12.6. The average Bonchev–Trinajstić information content (AvgIpc) is 2.76. The van der Waals surface area contributed by atoms with E-state index in [0.29, 0.717) is 6.04 Å².